The van der Waals surface area contributed by atoms with Gasteiger partial charge in [0.2, 0.25) is 0 Å². The van der Waals surface area contributed by atoms with Crippen molar-refractivity contribution in [2.75, 3.05) is 7.11 Å². The van der Waals surface area contributed by atoms with E-state index in [9.17, 15) is 14.7 Å². The number of halogens is 2. The Labute approximate surface area is 201 Å². The van der Waals surface area contributed by atoms with Gasteiger partial charge in [-0.15, -0.1) is 0 Å². The summed E-state index contributed by atoms with van der Waals surface area (Å²) in [4.78, 5) is 31.8. The summed E-state index contributed by atoms with van der Waals surface area (Å²) < 4.78 is 5.23. The first-order valence-corrected chi connectivity index (χ1v) is 10.8. The molecule has 2 heterocycles. The zero-order valence-corrected chi connectivity index (χ0v) is 19.4. The highest BCUT2D eigenvalue weighted by atomic mass is 35.5. The molecule has 1 aromatic heterocycles. The van der Waals surface area contributed by atoms with Crippen LogP contribution in [-0.2, 0) is 16.1 Å². The number of hydrogen-bond donors (Lipinski definition) is 1. The third-order valence-electron chi connectivity index (χ3n) is 5.56. The molecule has 1 saturated heterocycles. The maximum atomic E-state index is 13.2. The molecule has 0 aliphatic carbocycles. The lowest BCUT2D eigenvalue weighted by Gasteiger charge is -2.25. The summed E-state index contributed by atoms with van der Waals surface area (Å²) in [5.74, 6) is -1.15. The Hall–Kier alpha value is -3.35. The monoisotopic (exact) mass is 482 g/mol. The minimum Gasteiger partial charge on any atom is -0.507 e. The molecule has 1 atom stereocenters. The van der Waals surface area contributed by atoms with Gasteiger partial charge in [0.05, 0.1) is 28.8 Å². The molecular formula is C25H20Cl2N2O4. The van der Waals surface area contributed by atoms with E-state index in [0.717, 1.165) is 5.56 Å². The van der Waals surface area contributed by atoms with Crippen molar-refractivity contribution in [1.29, 1.82) is 0 Å². The van der Waals surface area contributed by atoms with Crippen LogP contribution in [0, 0.1) is 6.92 Å². The highest BCUT2D eigenvalue weighted by Crippen LogP contribution is 2.42. The van der Waals surface area contributed by atoms with Gasteiger partial charge in [-0.1, -0.05) is 35.3 Å². The molecule has 4 rings (SSSR count). The van der Waals surface area contributed by atoms with Crippen LogP contribution < -0.4 is 4.74 Å². The van der Waals surface area contributed by atoms with E-state index >= 15 is 0 Å². The van der Waals surface area contributed by atoms with Crippen molar-refractivity contribution < 1.29 is 19.4 Å². The van der Waals surface area contributed by atoms with E-state index in [0.29, 0.717) is 27.5 Å². The van der Waals surface area contributed by atoms with Crippen LogP contribution in [0.15, 0.2) is 66.5 Å². The van der Waals surface area contributed by atoms with E-state index in [1.807, 2.05) is 6.07 Å². The number of benzene rings is 2. The summed E-state index contributed by atoms with van der Waals surface area (Å²) in [5.41, 5.74) is 2.40. The molecular weight excluding hydrogens is 463 g/mol. The molecule has 8 heteroatoms. The summed E-state index contributed by atoms with van der Waals surface area (Å²) >= 11 is 12.3. The van der Waals surface area contributed by atoms with Gasteiger partial charge in [0, 0.05) is 24.5 Å². The fourth-order valence-corrected chi connectivity index (χ4v) is 4.24. The van der Waals surface area contributed by atoms with Crippen LogP contribution in [-0.4, -0.2) is 33.8 Å². The molecule has 0 unspecified atom stereocenters. The molecule has 33 heavy (non-hydrogen) atoms. The number of hydrogen-bond acceptors (Lipinski definition) is 5. The van der Waals surface area contributed by atoms with Crippen LogP contribution in [0.25, 0.3) is 5.76 Å². The Morgan fingerprint density at radius 3 is 2.55 bits per heavy atom. The number of aromatic nitrogens is 1. The van der Waals surface area contributed by atoms with Crippen molar-refractivity contribution in [3.63, 3.8) is 0 Å². The Kier molecular flexibility index (Phi) is 6.40. The van der Waals surface area contributed by atoms with Gasteiger partial charge in [-0.05, 0) is 60.0 Å². The lowest BCUT2D eigenvalue weighted by Crippen LogP contribution is -2.29. The molecule has 1 aliphatic rings. The van der Waals surface area contributed by atoms with E-state index in [4.69, 9.17) is 27.9 Å². The average molecular weight is 483 g/mol. The Morgan fingerprint density at radius 1 is 1.12 bits per heavy atom. The molecule has 2 aromatic carbocycles. The van der Waals surface area contributed by atoms with Gasteiger partial charge in [-0.25, -0.2) is 0 Å². The highest BCUT2D eigenvalue weighted by molar-refractivity contribution is 6.46. The van der Waals surface area contributed by atoms with Crippen LogP contribution >= 0.6 is 23.2 Å². The lowest BCUT2D eigenvalue weighted by molar-refractivity contribution is -0.140. The van der Waals surface area contributed by atoms with Gasteiger partial charge < -0.3 is 14.7 Å². The van der Waals surface area contributed by atoms with Crippen LogP contribution in [0.2, 0.25) is 10.0 Å². The van der Waals surface area contributed by atoms with Crippen molar-refractivity contribution in [1.82, 2.24) is 9.88 Å². The molecule has 1 amide bonds. The molecule has 168 valence electrons. The first-order valence-electron chi connectivity index (χ1n) is 10.1. The third-order valence-corrected chi connectivity index (χ3v) is 6.30. The highest BCUT2D eigenvalue weighted by Gasteiger charge is 2.46. The Morgan fingerprint density at radius 2 is 1.91 bits per heavy atom. The smallest absolute Gasteiger partial charge is 0.295 e. The summed E-state index contributed by atoms with van der Waals surface area (Å²) in [6, 6.07) is 12.7. The van der Waals surface area contributed by atoms with Gasteiger partial charge in [-0.2, -0.15) is 0 Å². The number of rotatable bonds is 5. The number of pyridine rings is 1. The maximum Gasteiger partial charge on any atom is 0.295 e. The van der Waals surface area contributed by atoms with E-state index in [2.05, 4.69) is 4.98 Å². The lowest BCUT2D eigenvalue weighted by atomic mass is 9.93. The van der Waals surface area contributed by atoms with E-state index < -0.39 is 17.7 Å². The topological polar surface area (TPSA) is 79.7 Å². The Bertz CT molecular complexity index is 1270. The van der Waals surface area contributed by atoms with Crippen LogP contribution in [0.1, 0.15) is 28.3 Å². The summed E-state index contributed by atoms with van der Waals surface area (Å²) in [6.07, 6.45) is 3.25. The average Bonchev–Trinajstić information content (AvgIpc) is 3.06. The second kappa shape index (κ2) is 9.25. The molecule has 1 aliphatic heterocycles. The second-order valence-corrected chi connectivity index (χ2v) is 8.46. The maximum absolute atomic E-state index is 13.2. The minimum absolute atomic E-state index is 0.0180. The first kappa shape index (κ1) is 22.8. The zero-order valence-electron chi connectivity index (χ0n) is 17.9. The number of carbonyl (C=O) groups is 2. The number of amides is 1. The fraction of sp³-hybridized carbons (Fsp3) is 0.160. The summed E-state index contributed by atoms with van der Waals surface area (Å²) in [7, 11) is 1.54. The number of ketones is 1. The van der Waals surface area contributed by atoms with Crippen LogP contribution in [0.4, 0.5) is 0 Å². The summed E-state index contributed by atoms with van der Waals surface area (Å²) in [6.45, 7) is 1.92. The number of likely N-dealkylation sites (tertiary alicyclic amines) is 1. The summed E-state index contributed by atoms with van der Waals surface area (Å²) in [5, 5.41) is 11.9. The molecule has 6 nitrogen and oxygen atoms in total. The van der Waals surface area contributed by atoms with E-state index in [-0.39, 0.29) is 22.9 Å². The van der Waals surface area contributed by atoms with Gasteiger partial charge >= 0.3 is 0 Å². The number of methoxy groups -OCH3 is 1. The molecule has 1 fully saturated rings. The molecule has 3 aromatic rings. The fourth-order valence-electron chi connectivity index (χ4n) is 3.93. The number of aliphatic hydroxyl groups excluding tert-OH is 1. The molecule has 0 spiro atoms. The van der Waals surface area contributed by atoms with Gasteiger partial charge in [0.25, 0.3) is 11.7 Å². The third kappa shape index (κ3) is 4.32. The zero-order chi connectivity index (χ0) is 23.7. The van der Waals surface area contributed by atoms with Crippen LogP contribution in [0.3, 0.4) is 0 Å². The van der Waals surface area contributed by atoms with Crippen molar-refractivity contribution in [3.05, 3.63) is 98.8 Å². The molecule has 1 N–H and O–H groups in total. The number of nitrogens with zero attached hydrogens (tertiary/aromatic N) is 2. The standard InChI is InChI=1S/C25H20Cl2N2O4/c1-14-10-17(33-2)6-7-18(14)23(30)21-22(16-5-8-19(26)20(27)11-16)29(25(32)24(21)31)13-15-4-3-9-28-12-15/h3-12,22,30H,13H2,1-2H3/t22-/m0/s1. The predicted octanol–water partition coefficient (Wildman–Crippen LogP) is 5.33. The number of carbonyl (C=O) groups excluding carboxylic acids is 2. The quantitative estimate of drug-likeness (QED) is 0.302. The first-order chi connectivity index (χ1) is 15.8. The number of Topliss-reactive ketones (excluding diaryl/α,β-unsaturated/α-hetero) is 1. The predicted molar refractivity (Wildman–Crippen MR) is 126 cm³/mol. The number of aryl methyl sites for hydroxylation is 1. The normalized spacial score (nSPS) is 17.5. The number of aliphatic hydroxyl groups is 1. The second-order valence-electron chi connectivity index (χ2n) is 7.64. The van der Waals surface area contributed by atoms with Gasteiger partial charge in [-0.3, -0.25) is 14.6 Å². The number of ether oxygens (including phenoxy) is 1. The van der Waals surface area contributed by atoms with Crippen molar-refractivity contribution in [2.24, 2.45) is 0 Å². The Balaban J connectivity index is 1.90. The molecule has 0 radical (unpaired) electrons. The van der Waals surface area contributed by atoms with Gasteiger partial charge in [0.15, 0.2) is 0 Å². The van der Waals surface area contributed by atoms with E-state index in [1.54, 1.807) is 68.9 Å². The van der Waals surface area contributed by atoms with Crippen LogP contribution in [0.5, 0.6) is 5.75 Å². The molecule has 0 bridgehead atoms. The SMILES string of the molecule is COc1ccc(C(O)=C2C(=O)C(=O)N(Cc3cccnc3)[C@H]2c2ccc(Cl)c(Cl)c2)c(C)c1. The van der Waals surface area contributed by atoms with Crippen molar-refractivity contribution >= 4 is 40.7 Å². The molecule has 0 saturated carbocycles. The largest absolute Gasteiger partial charge is 0.507 e. The van der Waals surface area contributed by atoms with Gasteiger partial charge in [0.1, 0.15) is 11.5 Å². The van der Waals surface area contributed by atoms with Crippen molar-refractivity contribution in [2.45, 2.75) is 19.5 Å². The van der Waals surface area contributed by atoms with Crippen molar-refractivity contribution in [3.8, 4) is 5.75 Å². The minimum atomic E-state index is -0.860. The van der Waals surface area contributed by atoms with E-state index in [1.165, 1.54) is 4.90 Å².